The Balaban J connectivity index is 2.77. The van der Waals surface area contributed by atoms with Crippen LogP contribution in [0.2, 0.25) is 0 Å². The van der Waals surface area contributed by atoms with Gasteiger partial charge in [0.2, 0.25) is 0 Å². The van der Waals surface area contributed by atoms with Crippen molar-refractivity contribution in [1.29, 1.82) is 0 Å². The Kier molecular flexibility index (Phi) is 4.21. The lowest BCUT2D eigenvalue weighted by Crippen LogP contribution is -2.07. The number of benzene rings is 1. The molecule has 0 heterocycles. The molecule has 0 atom stereocenters. The van der Waals surface area contributed by atoms with Gasteiger partial charge in [-0.1, -0.05) is 44.7 Å². The minimum Gasteiger partial charge on any atom is -0.478 e. The highest BCUT2D eigenvalue weighted by Crippen LogP contribution is 2.16. The monoisotopic (exact) mass is 232 g/mol. The van der Waals surface area contributed by atoms with Gasteiger partial charge in [0.15, 0.2) is 5.78 Å². The van der Waals surface area contributed by atoms with Gasteiger partial charge in [0.25, 0.3) is 0 Å². The fourth-order valence-electron chi connectivity index (χ4n) is 1.43. The van der Waals surface area contributed by atoms with E-state index in [1.54, 1.807) is 12.1 Å². The molecule has 1 rings (SSSR count). The Morgan fingerprint density at radius 1 is 1.24 bits per heavy atom. The van der Waals surface area contributed by atoms with Gasteiger partial charge in [0.05, 0.1) is 0 Å². The molecule has 0 amide bonds. The predicted molar refractivity (Wildman–Crippen MR) is 66.3 cm³/mol. The number of ketones is 1. The van der Waals surface area contributed by atoms with Crippen molar-refractivity contribution in [1.82, 2.24) is 0 Å². The van der Waals surface area contributed by atoms with E-state index in [1.807, 2.05) is 12.1 Å². The molecular formula is C14H16O3. The molecule has 0 fully saturated rings. The minimum atomic E-state index is -1.13. The largest absolute Gasteiger partial charge is 0.478 e. The number of carbonyl (C=O) groups is 2. The number of hydrogen-bond donors (Lipinski definition) is 1. The SMILES string of the molecule is C=C(CC(=O)c1ccc(C(C)C)cc1)C(=O)O. The number of rotatable bonds is 5. The van der Waals surface area contributed by atoms with E-state index in [0.717, 1.165) is 5.56 Å². The van der Waals surface area contributed by atoms with Crippen LogP contribution in [0.1, 0.15) is 42.1 Å². The average Bonchev–Trinajstić information content (AvgIpc) is 2.28. The molecule has 0 aliphatic carbocycles. The Bertz CT molecular complexity index is 441. The summed E-state index contributed by atoms with van der Waals surface area (Å²) in [6.07, 6.45) is -0.143. The van der Waals surface area contributed by atoms with Gasteiger partial charge < -0.3 is 5.11 Å². The van der Waals surface area contributed by atoms with Gasteiger partial charge in [-0.15, -0.1) is 0 Å². The van der Waals surface area contributed by atoms with Gasteiger partial charge in [0.1, 0.15) is 0 Å². The van der Waals surface area contributed by atoms with E-state index in [9.17, 15) is 9.59 Å². The summed E-state index contributed by atoms with van der Waals surface area (Å²) < 4.78 is 0. The van der Waals surface area contributed by atoms with Crippen molar-refractivity contribution in [2.45, 2.75) is 26.2 Å². The number of carboxylic acids is 1. The molecule has 1 aromatic rings. The Morgan fingerprint density at radius 3 is 2.18 bits per heavy atom. The molecule has 1 N–H and O–H groups in total. The third-order valence-electron chi connectivity index (χ3n) is 2.58. The minimum absolute atomic E-state index is 0.0806. The lowest BCUT2D eigenvalue weighted by molar-refractivity contribution is -0.132. The first kappa shape index (κ1) is 13.2. The first-order valence-corrected chi connectivity index (χ1v) is 5.46. The molecule has 3 nitrogen and oxygen atoms in total. The Labute approximate surface area is 101 Å². The van der Waals surface area contributed by atoms with Crippen LogP contribution in [-0.2, 0) is 4.79 Å². The molecule has 90 valence electrons. The van der Waals surface area contributed by atoms with E-state index in [2.05, 4.69) is 20.4 Å². The van der Waals surface area contributed by atoms with Crippen molar-refractivity contribution in [2.24, 2.45) is 0 Å². The van der Waals surface area contributed by atoms with E-state index in [1.165, 1.54) is 0 Å². The summed E-state index contributed by atoms with van der Waals surface area (Å²) in [5.74, 6) is -0.932. The second-order valence-electron chi connectivity index (χ2n) is 4.29. The van der Waals surface area contributed by atoms with Gasteiger partial charge in [-0.05, 0) is 11.5 Å². The van der Waals surface area contributed by atoms with Crippen LogP contribution in [0.15, 0.2) is 36.4 Å². The summed E-state index contributed by atoms with van der Waals surface area (Å²) in [4.78, 5) is 22.3. The van der Waals surface area contributed by atoms with Crippen LogP contribution < -0.4 is 0 Å². The van der Waals surface area contributed by atoms with E-state index in [0.29, 0.717) is 11.5 Å². The molecule has 0 bridgehead atoms. The van der Waals surface area contributed by atoms with Crippen molar-refractivity contribution in [3.63, 3.8) is 0 Å². The first-order chi connectivity index (χ1) is 7.91. The Morgan fingerprint density at radius 2 is 1.76 bits per heavy atom. The van der Waals surface area contributed by atoms with Crippen LogP contribution in [0, 0.1) is 0 Å². The Hall–Kier alpha value is -1.90. The van der Waals surface area contributed by atoms with Crippen LogP contribution in [0.3, 0.4) is 0 Å². The quantitative estimate of drug-likeness (QED) is 0.627. The maximum atomic E-state index is 11.7. The van der Waals surface area contributed by atoms with Crippen molar-refractivity contribution in [3.05, 3.63) is 47.5 Å². The van der Waals surface area contributed by atoms with Gasteiger partial charge >= 0.3 is 5.97 Å². The molecule has 0 spiro atoms. The topological polar surface area (TPSA) is 54.4 Å². The summed E-state index contributed by atoms with van der Waals surface area (Å²) in [5, 5.41) is 8.64. The smallest absolute Gasteiger partial charge is 0.331 e. The normalized spacial score (nSPS) is 10.3. The zero-order chi connectivity index (χ0) is 13.0. The second-order valence-corrected chi connectivity index (χ2v) is 4.29. The van der Waals surface area contributed by atoms with E-state index < -0.39 is 5.97 Å². The van der Waals surface area contributed by atoms with Crippen molar-refractivity contribution < 1.29 is 14.7 Å². The molecule has 3 heteroatoms. The summed E-state index contributed by atoms with van der Waals surface area (Å²) in [7, 11) is 0. The third-order valence-corrected chi connectivity index (χ3v) is 2.58. The van der Waals surface area contributed by atoms with E-state index in [4.69, 9.17) is 5.11 Å². The molecule has 0 aliphatic heterocycles. The van der Waals surface area contributed by atoms with Gasteiger partial charge in [-0.3, -0.25) is 4.79 Å². The maximum Gasteiger partial charge on any atom is 0.331 e. The average molecular weight is 232 g/mol. The predicted octanol–water partition coefficient (Wildman–Crippen LogP) is 3.02. The maximum absolute atomic E-state index is 11.7. The molecule has 0 aromatic heterocycles. The molecule has 0 aliphatic rings. The summed E-state index contributed by atoms with van der Waals surface area (Å²) >= 11 is 0. The van der Waals surface area contributed by atoms with Gasteiger partial charge in [-0.2, -0.15) is 0 Å². The molecule has 1 aromatic carbocycles. The lowest BCUT2D eigenvalue weighted by Gasteiger charge is -2.06. The van der Waals surface area contributed by atoms with Crippen molar-refractivity contribution >= 4 is 11.8 Å². The van der Waals surface area contributed by atoms with Gasteiger partial charge in [0, 0.05) is 17.6 Å². The highest BCUT2D eigenvalue weighted by atomic mass is 16.4. The van der Waals surface area contributed by atoms with Crippen LogP contribution >= 0.6 is 0 Å². The fourth-order valence-corrected chi connectivity index (χ4v) is 1.43. The molecule has 0 radical (unpaired) electrons. The number of carboxylic acid groups (broad SMARTS) is 1. The van der Waals surface area contributed by atoms with Crippen LogP contribution in [0.25, 0.3) is 0 Å². The fraction of sp³-hybridized carbons (Fsp3) is 0.286. The molecule has 0 saturated heterocycles. The standard InChI is InChI=1S/C14H16O3/c1-9(2)11-4-6-12(7-5-11)13(15)8-10(3)14(16)17/h4-7,9H,3,8H2,1-2H3,(H,16,17). The van der Waals surface area contributed by atoms with Gasteiger partial charge in [-0.25, -0.2) is 4.79 Å². The molecule has 17 heavy (non-hydrogen) atoms. The van der Waals surface area contributed by atoms with E-state index >= 15 is 0 Å². The number of Topliss-reactive ketones (excluding diaryl/α,β-unsaturated/α-hetero) is 1. The van der Waals surface area contributed by atoms with Crippen molar-refractivity contribution in [2.75, 3.05) is 0 Å². The number of hydrogen-bond acceptors (Lipinski definition) is 2. The molecule has 0 unspecified atom stereocenters. The molecular weight excluding hydrogens is 216 g/mol. The zero-order valence-corrected chi connectivity index (χ0v) is 10.1. The summed E-state index contributed by atoms with van der Waals surface area (Å²) in [6.45, 7) is 7.49. The highest BCUT2D eigenvalue weighted by molar-refractivity contribution is 6.02. The summed E-state index contributed by atoms with van der Waals surface area (Å²) in [6, 6.07) is 7.24. The first-order valence-electron chi connectivity index (χ1n) is 5.46. The molecule has 0 saturated carbocycles. The number of aliphatic carboxylic acids is 1. The van der Waals surface area contributed by atoms with Crippen LogP contribution in [0.4, 0.5) is 0 Å². The van der Waals surface area contributed by atoms with E-state index in [-0.39, 0.29) is 17.8 Å². The van der Waals surface area contributed by atoms with Crippen LogP contribution in [-0.4, -0.2) is 16.9 Å². The zero-order valence-electron chi connectivity index (χ0n) is 10.1. The van der Waals surface area contributed by atoms with Crippen molar-refractivity contribution in [3.8, 4) is 0 Å². The highest BCUT2D eigenvalue weighted by Gasteiger charge is 2.12. The third kappa shape index (κ3) is 3.55. The summed E-state index contributed by atoms with van der Waals surface area (Å²) in [5.41, 5.74) is 1.60. The lowest BCUT2D eigenvalue weighted by atomic mass is 9.98. The van der Waals surface area contributed by atoms with Crippen LogP contribution in [0.5, 0.6) is 0 Å². The number of carbonyl (C=O) groups excluding carboxylic acids is 1. The second kappa shape index (κ2) is 5.43.